The Kier molecular flexibility index (Phi) is 3.03. The van der Waals surface area contributed by atoms with Crippen LogP contribution < -0.4 is 5.73 Å². The molecule has 1 unspecified atom stereocenters. The lowest BCUT2D eigenvalue weighted by molar-refractivity contribution is 0.100. The topological polar surface area (TPSA) is 63.3 Å². The lowest BCUT2D eigenvalue weighted by Gasteiger charge is -2.04. The van der Waals surface area contributed by atoms with Gasteiger partial charge in [-0.05, 0) is 31.0 Å². The third kappa shape index (κ3) is 2.87. The summed E-state index contributed by atoms with van der Waals surface area (Å²) in [5, 5.41) is 9.09. The zero-order valence-electron chi connectivity index (χ0n) is 7.53. The van der Waals surface area contributed by atoms with E-state index in [-0.39, 0.29) is 6.10 Å². The number of rotatable bonds is 3. The van der Waals surface area contributed by atoms with Gasteiger partial charge >= 0.3 is 0 Å². The molecular formula is C10H13NO2. The summed E-state index contributed by atoms with van der Waals surface area (Å²) in [5.74, 6) is -0.427. The van der Waals surface area contributed by atoms with Gasteiger partial charge in [-0.15, -0.1) is 0 Å². The second-order valence-corrected chi connectivity index (χ2v) is 3.11. The van der Waals surface area contributed by atoms with Crippen molar-refractivity contribution in [3.05, 3.63) is 35.4 Å². The fraction of sp³-hybridized carbons (Fsp3) is 0.300. The van der Waals surface area contributed by atoms with Gasteiger partial charge in [0.1, 0.15) is 0 Å². The molecule has 1 amide bonds. The Bertz CT molecular complexity index is 290. The first kappa shape index (κ1) is 9.74. The summed E-state index contributed by atoms with van der Waals surface area (Å²) in [7, 11) is 0. The van der Waals surface area contributed by atoms with E-state index < -0.39 is 5.91 Å². The van der Waals surface area contributed by atoms with Crippen LogP contribution in [-0.4, -0.2) is 17.1 Å². The maximum Gasteiger partial charge on any atom is 0.248 e. The number of hydrogen-bond donors (Lipinski definition) is 2. The van der Waals surface area contributed by atoms with Crippen molar-refractivity contribution in [1.82, 2.24) is 0 Å². The molecule has 0 aliphatic carbocycles. The highest BCUT2D eigenvalue weighted by atomic mass is 16.3. The normalized spacial score (nSPS) is 12.5. The third-order valence-electron chi connectivity index (χ3n) is 1.77. The second-order valence-electron chi connectivity index (χ2n) is 3.11. The summed E-state index contributed by atoms with van der Waals surface area (Å²) in [5.41, 5.74) is 6.57. The number of aliphatic hydroxyl groups excluding tert-OH is 1. The molecule has 1 rings (SSSR count). The number of hydrogen-bond acceptors (Lipinski definition) is 2. The van der Waals surface area contributed by atoms with Crippen LogP contribution in [0.2, 0.25) is 0 Å². The Labute approximate surface area is 77.2 Å². The van der Waals surface area contributed by atoms with Gasteiger partial charge in [-0.1, -0.05) is 12.1 Å². The van der Waals surface area contributed by atoms with E-state index in [1.54, 1.807) is 31.2 Å². The summed E-state index contributed by atoms with van der Waals surface area (Å²) in [6.45, 7) is 1.72. The maximum atomic E-state index is 10.7. The smallest absolute Gasteiger partial charge is 0.248 e. The zero-order valence-corrected chi connectivity index (χ0v) is 7.53. The highest BCUT2D eigenvalue weighted by Crippen LogP contribution is 2.06. The van der Waals surface area contributed by atoms with Gasteiger partial charge < -0.3 is 10.8 Å². The van der Waals surface area contributed by atoms with E-state index in [1.807, 2.05) is 0 Å². The molecule has 0 aliphatic heterocycles. The number of benzene rings is 1. The fourth-order valence-electron chi connectivity index (χ4n) is 1.15. The minimum Gasteiger partial charge on any atom is -0.393 e. The molecule has 0 saturated carbocycles. The Morgan fingerprint density at radius 3 is 2.38 bits per heavy atom. The van der Waals surface area contributed by atoms with Gasteiger partial charge in [-0.25, -0.2) is 0 Å². The molecule has 0 heterocycles. The number of carbonyl (C=O) groups is 1. The Morgan fingerprint density at radius 2 is 2.00 bits per heavy atom. The summed E-state index contributed by atoms with van der Waals surface area (Å²) >= 11 is 0. The molecule has 3 nitrogen and oxygen atoms in total. The Morgan fingerprint density at radius 1 is 1.46 bits per heavy atom. The summed E-state index contributed by atoms with van der Waals surface area (Å²) in [6.07, 6.45) is 0.235. The van der Waals surface area contributed by atoms with E-state index in [4.69, 9.17) is 10.8 Å². The van der Waals surface area contributed by atoms with E-state index in [1.165, 1.54) is 0 Å². The van der Waals surface area contributed by atoms with E-state index in [9.17, 15) is 4.79 Å². The molecule has 0 bridgehead atoms. The van der Waals surface area contributed by atoms with Crippen LogP contribution in [0.15, 0.2) is 24.3 Å². The van der Waals surface area contributed by atoms with Gasteiger partial charge in [0.15, 0.2) is 0 Å². The van der Waals surface area contributed by atoms with Crippen LogP contribution in [0.4, 0.5) is 0 Å². The zero-order chi connectivity index (χ0) is 9.84. The van der Waals surface area contributed by atoms with Gasteiger partial charge in [-0.2, -0.15) is 0 Å². The largest absolute Gasteiger partial charge is 0.393 e. The molecule has 0 radical (unpaired) electrons. The van der Waals surface area contributed by atoms with Gasteiger partial charge in [0.05, 0.1) is 6.10 Å². The quantitative estimate of drug-likeness (QED) is 0.717. The average Bonchev–Trinajstić information content (AvgIpc) is 2.04. The van der Waals surface area contributed by atoms with Gasteiger partial charge in [-0.3, -0.25) is 4.79 Å². The molecule has 3 N–H and O–H groups in total. The van der Waals surface area contributed by atoms with Crippen LogP contribution in [0, 0.1) is 0 Å². The molecule has 3 heteroatoms. The van der Waals surface area contributed by atoms with E-state index >= 15 is 0 Å². The molecule has 0 aromatic heterocycles. The lowest BCUT2D eigenvalue weighted by atomic mass is 10.1. The highest BCUT2D eigenvalue weighted by molar-refractivity contribution is 5.92. The van der Waals surface area contributed by atoms with Gasteiger partial charge in [0.2, 0.25) is 5.91 Å². The summed E-state index contributed by atoms with van der Waals surface area (Å²) < 4.78 is 0. The second kappa shape index (κ2) is 4.05. The molecule has 0 fully saturated rings. The van der Waals surface area contributed by atoms with Crippen molar-refractivity contribution < 1.29 is 9.90 Å². The van der Waals surface area contributed by atoms with Crippen molar-refractivity contribution in [2.75, 3.05) is 0 Å². The molecule has 13 heavy (non-hydrogen) atoms. The molecule has 0 aliphatic rings. The summed E-state index contributed by atoms with van der Waals surface area (Å²) in [6, 6.07) is 6.93. The standard InChI is InChI=1S/C10H13NO2/c1-7(12)6-8-2-4-9(5-3-8)10(11)13/h2-5,7,12H,6H2,1H3,(H2,11,13). The summed E-state index contributed by atoms with van der Waals surface area (Å²) in [4.78, 5) is 10.7. The SMILES string of the molecule is CC(O)Cc1ccc(C(N)=O)cc1. The minimum absolute atomic E-state index is 0.362. The van der Waals surface area contributed by atoms with Crippen LogP contribution in [0.3, 0.4) is 0 Å². The minimum atomic E-state index is -0.427. The van der Waals surface area contributed by atoms with Crippen LogP contribution in [0.1, 0.15) is 22.8 Å². The van der Waals surface area contributed by atoms with Crippen molar-refractivity contribution in [2.45, 2.75) is 19.4 Å². The van der Waals surface area contributed by atoms with E-state index in [2.05, 4.69) is 0 Å². The van der Waals surface area contributed by atoms with Crippen LogP contribution in [0.5, 0.6) is 0 Å². The van der Waals surface area contributed by atoms with Crippen molar-refractivity contribution in [3.63, 3.8) is 0 Å². The van der Waals surface area contributed by atoms with Gasteiger partial charge in [0.25, 0.3) is 0 Å². The van der Waals surface area contributed by atoms with Crippen molar-refractivity contribution in [1.29, 1.82) is 0 Å². The number of primary amides is 1. The molecule has 1 atom stereocenters. The highest BCUT2D eigenvalue weighted by Gasteiger charge is 2.01. The molecule has 0 saturated heterocycles. The average molecular weight is 179 g/mol. The Hall–Kier alpha value is -1.35. The van der Waals surface area contributed by atoms with E-state index in [0.717, 1.165) is 5.56 Å². The maximum absolute atomic E-state index is 10.7. The number of amides is 1. The molecule has 1 aromatic rings. The Balaban J connectivity index is 2.75. The van der Waals surface area contributed by atoms with E-state index in [0.29, 0.717) is 12.0 Å². The fourth-order valence-corrected chi connectivity index (χ4v) is 1.15. The first-order chi connectivity index (χ1) is 6.09. The third-order valence-corrected chi connectivity index (χ3v) is 1.77. The predicted octanol–water partition coefficient (Wildman–Crippen LogP) is 0.709. The predicted molar refractivity (Wildman–Crippen MR) is 50.3 cm³/mol. The first-order valence-corrected chi connectivity index (χ1v) is 4.16. The number of nitrogens with two attached hydrogens (primary N) is 1. The molecule has 70 valence electrons. The van der Waals surface area contributed by atoms with Gasteiger partial charge in [0, 0.05) is 5.56 Å². The van der Waals surface area contributed by atoms with Crippen LogP contribution in [-0.2, 0) is 6.42 Å². The molecule has 0 spiro atoms. The van der Waals surface area contributed by atoms with Crippen molar-refractivity contribution in [3.8, 4) is 0 Å². The number of aliphatic hydroxyl groups is 1. The van der Waals surface area contributed by atoms with Crippen molar-refractivity contribution >= 4 is 5.91 Å². The first-order valence-electron chi connectivity index (χ1n) is 4.16. The molecular weight excluding hydrogens is 166 g/mol. The van der Waals surface area contributed by atoms with Crippen LogP contribution >= 0.6 is 0 Å². The number of carbonyl (C=O) groups excluding carboxylic acids is 1. The van der Waals surface area contributed by atoms with Crippen molar-refractivity contribution in [2.24, 2.45) is 5.73 Å². The molecule has 1 aromatic carbocycles. The lowest BCUT2D eigenvalue weighted by Crippen LogP contribution is -2.11. The van der Waals surface area contributed by atoms with Crippen LogP contribution in [0.25, 0.3) is 0 Å². The monoisotopic (exact) mass is 179 g/mol.